The van der Waals surface area contributed by atoms with Crippen molar-refractivity contribution in [2.45, 2.75) is 25.4 Å². The molecule has 1 atom stereocenters. The smallest absolute Gasteiger partial charge is 0.123 e. The van der Waals surface area contributed by atoms with Crippen molar-refractivity contribution in [2.24, 2.45) is 5.92 Å². The number of nitrogens with one attached hydrogen (secondary N) is 2. The molecule has 4 nitrogen and oxygen atoms in total. The van der Waals surface area contributed by atoms with Gasteiger partial charge >= 0.3 is 0 Å². The third-order valence-corrected chi connectivity index (χ3v) is 4.35. The average Bonchev–Trinajstić information content (AvgIpc) is 3.22. The lowest BCUT2D eigenvalue weighted by atomic mass is 10.1. The van der Waals surface area contributed by atoms with Gasteiger partial charge in [-0.25, -0.2) is 4.39 Å². The van der Waals surface area contributed by atoms with Crippen molar-refractivity contribution in [1.82, 2.24) is 20.4 Å². The SMILES string of the molecule is CN(C)[C@@H](CNCc1cn[nH]c1-c1ccc(F)cc1)C1CC1. The Kier molecular flexibility index (Phi) is 4.55. The van der Waals surface area contributed by atoms with Crippen LogP contribution in [0.15, 0.2) is 30.5 Å². The quantitative estimate of drug-likeness (QED) is 0.826. The summed E-state index contributed by atoms with van der Waals surface area (Å²) >= 11 is 0. The van der Waals surface area contributed by atoms with Crippen LogP contribution in [0.3, 0.4) is 0 Å². The highest BCUT2D eigenvalue weighted by Crippen LogP contribution is 2.34. The van der Waals surface area contributed by atoms with Gasteiger partial charge in [-0.1, -0.05) is 0 Å². The van der Waals surface area contributed by atoms with Gasteiger partial charge in [0, 0.05) is 30.3 Å². The lowest BCUT2D eigenvalue weighted by molar-refractivity contribution is 0.255. The zero-order valence-corrected chi connectivity index (χ0v) is 13.1. The maximum atomic E-state index is 13.0. The largest absolute Gasteiger partial charge is 0.311 e. The van der Waals surface area contributed by atoms with E-state index >= 15 is 0 Å². The van der Waals surface area contributed by atoms with Gasteiger partial charge < -0.3 is 10.2 Å². The predicted octanol–water partition coefficient (Wildman–Crippen LogP) is 2.65. The van der Waals surface area contributed by atoms with Gasteiger partial charge in [0.05, 0.1) is 11.9 Å². The molecule has 0 amide bonds. The van der Waals surface area contributed by atoms with E-state index in [0.29, 0.717) is 6.04 Å². The number of nitrogens with zero attached hydrogens (tertiary/aromatic N) is 2. The standard InChI is InChI=1S/C17H23FN4/c1-22(2)16(12-3-4-12)11-19-9-14-10-20-21-17(14)13-5-7-15(18)8-6-13/h5-8,10,12,16,19H,3-4,9,11H2,1-2H3,(H,20,21)/t16-/m0/s1. The van der Waals surface area contributed by atoms with Crippen molar-refractivity contribution >= 4 is 0 Å². The Morgan fingerprint density at radius 1 is 1.32 bits per heavy atom. The normalized spacial score (nSPS) is 16.2. The molecule has 1 aliphatic carbocycles. The summed E-state index contributed by atoms with van der Waals surface area (Å²) in [4.78, 5) is 2.31. The molecule has 0 unspecified atom stereocenters. The molecule has 0 aliphatic heterocycles. The van der Waals surface area contributed by atoms with Crippen LogP contribution < -0.4 is 5.32 Å². The van der Waals surface area contributed by atoms with Gasteiger partial charge in [-0.3, -0.25) is 5.10 Å². The van der Waals surface area contributed by atoms with Crippen molar-refractivity contribution in [2.75, 3.05) is 20.6 Å². The molecule has 1 fully saturated rings. The molecule has 2 N–H and O–H groups in total. The maximum Gasteiger partial charge on any atom is 0.123 e. The molecule has 3 rings (SSSR count). The number of benzene rings is 1. The van der Waals surface area contributed by atoms with Crippen LogP contribution in [-0.4, -0.2) is 41.8 Å². The second kappa shape index (κ2) is 6.58. The Hall–Kier alpha value is -1.72. The summed E-state index contributed by atoms with van der Waals surface area (Å²) in [6.07, 6.45) is 4.53. The summed E-state index contributed by atoms with van der Waals surface area (Å²) in [5.74, 6) is 0.615. The van der Waals surface area contributed by atoms with Gasteiger partial charge in [-0.2, -0.15) is 5.10 Å². The van der Waals surface area contributed by atoms with Crippen molar-refractivity contribution in [1.29, 1.82) is 0 Å². The first-order valence-electron chi connectivity index (χ1n) is 7.80. The monoisotopic (exact) mass is 302 g/mol. The van der Waals surface area contributed by atoms with Crippen LogP contribution in [0.2, 0.25) is 0 Å². The van der Waals surface area contributed by atoms with Crippen molar-refractivity contribution in [3.8, 4) is 11.3 Å². The Labute approximate surface area is 130 Å². The third-order valence-electron chi connectivity index (χ3n) is 4.35. The number of hydrogen-bond donors (Lipinski definition) is 2. The summed E-state index contributed by atoms with van der Waals surface area (Å²) in [7, 11) is 4.29. The zero-order chi connectivity index (χ0) is 15.5. The van der Waals surface area contributed by atoms with Crippen LogP contribution in [0, 0.1) is 11.7 Å². The zero-order valence-electron chi connectivity index (χ0n) is 13.1. The molecule has 0 bridgehead atoms. The maximum absolute atomic E-state index is 13.0. The van der Waals surface area contributed by atoms with E-state index in [1.54, 1.807) is 12.1 Å². The molecule has 1 aliphatic rings. The summed E-state index contributed by atoms with van der Waals surface area (Å²) in [5, 5.41) is 10.7. The first kappa shape index (κ1) is 15.2. The Morgan fingerprint density at radius 2 is 2.05 bits per heavy atom. The number of halogens is 1. The highest BCUT2D eigenvalue weighted by atomic mass is 19.1. The molecule has 2 aromatic rings. The van der Waals surface area contributed by atoms with E-state index in [4.69, 9.17) is 0 Å². The fourth-order valence-electron chi connectivity index (χ4n) is 2.92. The second-order valence-electron chi connectivity index (χ2n) is 6.28. The molecule has 0 spiro atoms. The minimum atomic E-state index is -0.221. The van der Waals surface area contributed by atoms with Gasteiger partial charge in [0.25, 0.3) is 0 Å². The number of aromatic nitrogens is 2. The minimum absolute atomic E-state index is 0.221. The van der Waals surface area contributed by atoms with E-state index in [1.165, 1.54) is 25.0 Å². The molecule has 22 heavy (non-hydrogen) atoms. The number of likely N-dealkylation sites (N-methyl/N-ethyl adjacent to an activating group) is 1. The summed E-state index contributed by atoms with van der Waals surface area (Å²) in [5.41, 5.74) is 3.03. The van der Waals surface area contributed by atoms with E-state index in [1.807, 2.05) is 6.20 Å². The van der Waals surface area contributed by atoms with E-state index in [-0.39, 0.29) is 5.82 Å². The molecular weight excluding hydrogens is 279 g/mol. The Bertz CT molecular complexity index is 599. The van der Waals surface area contributed by atoms with E-state index in [9.17, 15) is 4.39 Å². The highest BCUT2D eigenvalue weighted by molar-refractivity contribution is 5.62. The van der Waals surface area contributed by atoms with Crippen LogP contribution in [0.5, 0.6) is 0 Å². The molecule has 0 saturated heterocycles. The number of hydrogen-bond acceptors (Lipinski definition) is 3. The summed E-state index contributed by atoms with van der Waals surface area (Å²) < 4.78 is 13.0. The van der Waals surface area contributed by atoms with Gasteiger partial charge in [0.15, 0.2) is 0 Å². The van der Waals surface area contributed by atoms with E-state index < -0.39 is 0 Å². The number of H-pyrrole nitrogens is 1. The lowest BCUT2D eigenvalue weighted by Crippen LogP contribution is -2.39. The van der Waals surface area contributed by atoms with Crippen molar-refractivity contribution in [3.05, 3.63) is 41.8 Å². The molecule has 1 aromatic heterocycles. The first-order chi connectivity index (χ1) is 10.6. The van der Waals surface area contributed by atoms with E-state index in [2.05, 4.69) is 34.5 Å². The van der Waals surface area contributed by atoms with Crippen LogP contribution >= 0.6 is 0 Å². The van der Waals surface area contributed by atoms with Crippen LogP contribution in [0.25, 0.3) is 11.3 Å². The molecule has 5 heteroatoms. The lowest BCUT2D eigenvalue weighted by Gasteiger charge is -2.24. The second-order valence-corrected chi connectivity index (χ2v) is 6.28. The first-order valence-corrected chi connectivity index (χ1v) is 7.80. The minimum Gasteiger partial charge on any atom is -0.311 e. The van der Waals surface area contributed by atoms with Crippen molar-refractivity contribution < 1.29 is 4.39 Å². The van der Waals surface area contributed by atoms with Gasteiger partial charge in [0.1, 0.15) is 5.82 Å². The molecule has 1 aromatic carbocycles. The Morgan fingerprint density at radius 3 is 2.68 bits per heavy atom. The third kappa shape index (κ3) is 3.54. The van der Waals surface area contributed by atoms with Gasteiger partial charge in [-0.05, 0) is 57.1 Å². The van der Waals surface area contributed by atoms with Gasteiger partial charge in [0.2, 0.25) is 0 Å². The molecule has 1 heterocycles. The predicted molar refractivity (Wildman–Crippen MR) is 85.9 cm³/mol. The summed E-state index contributed by atoms with van der Waals surface area (Å²) in [6.45, 7) is 1.74. The molecule has 1 saturated carbocycles. The average molecular weight is 302 g/mol. The fourth-order valence-corrected chi connectivity index (χ4v) is 2.92. The van der Waals surface area contributed by atoms with Crippen LogP contribution in [0.1, 0.15) is 18.4 Å². The van der Waals surface area contributed by atoms with Gasteiger partial charge in [-0.15, -0.1) is 0 Å². The fraction of sp³-hybridized carbons (Fsp3) is 0.471. The van der Waals surface area contributed by atoms with E-state index in [0.717, 1.165) is 35.8 Å². The Balaban J connectivity index is 1.61. The topological polar surface area (TPSA) is 44.0 Å². The number of aromatic amines is 1. The number of rotatable bonds is 7. The summed E-state index contributed by atoms with van der Waals surface area (Å²) in [6, 6.07) is 7.10. The van der Waals surface area contributed by atoms with Crippen LogP contribution in [0.4, 0.5) is 4.39 Å². The molecule has 0 radical (unpaired) electrons. The molecule has 118 valence electrons. The van der Waals surface area contributed by atoms with Crippen molar-refractivity contribution in [3.63, 3.8) is 0 Å². The highest BCUT2D eigenvalue weighted by Gasteiger charge is 2.32. The van der Waals surface area contributed by atoms with Crippen LogP contribution in [-0.2, 0) is 6.54 Å². The molecular formula is C17H23FN4.